The van der Waals surface area contributed by atoms with Gasteiger partial charge in [-0.15, -0.1) is 0 Å². The summed E-state index contributed by atoms with van der Waals surface area (Å²) in [5.74, 6) is 2.57. The molecule has 0 heterocycles. The van der Waals surface area contributed by atoms with Gasteiger partial charge in [-0.2, -0.15) is 0 Å². The van der Waals surface area contributed by atoms with Crippen molar-refractivity contribution < 1.29 is 9.47 Å². The Labute approximate surface area is 105 Å². The van der Waals surface area contributed by atoms with Crippen molar-refractivity contribution in [1.82, 2.24) is 0 Å². The van der Waals surface area contributed by atoms with Gasteiger partial charge in [-0.3, -0.25) is 0 Å². The molecule has 0 saturated heterocycles. The predicted octanol–water partition coefficient (Wildman–Crippen LogP) is 3.38. The second-order valence-corrected chi connectivity index (χ2v) is 5.19. The van der Waals surface area contributed by atoms with E-state index in [4.69, 9.17) is 9.47 Å². The fraction of sp³-hybridized carbons (Fsp3) is 0.538. The molecule has 88 valence electrons. The monoisotopic (exact) mass is 284 g/mol. The molecule has 2 atom stereocenters. The van der Waals surface area contributed by atoms with Gasteiger partial charge in [-0.1, -0.05) is 22.9 Å². The van der Waals surface area contributed by atoms with Gasteiger partial charge in [-0.05, 0) is 30.5 Å². The highest BCUT2D eigenvalue weighted by Gasteiger charge is 2.51. The predicted molar refractivity (Wildman–Crippen MR) is 68.8 cm³/mol. The molecule has 0 radical (unpaired) electrons. The van der Waals surface area contributed by atoms with E-state index in [1.807, 2.05) is 12.1 Å². The number of halogens is 1. The first-order valence-corrected chi connectivity index (χ1v) is 6.56. The van der Waals surface area contributed by atoms with Crippen LogP contribution in [0.2, 0.25) is 0 Å². The van der Waals surface area contributed by atoms with Crippen molar-refractivity contribution in [2.45, 2.75) is 18.8 Å². The van der Waals surface area contributed by atoms with Gasteiger partial charge in [0.15, 0.2) is 0 Å². The SMILES string of the molecule is COc1ccc(OC)c(C2(C)CC2CBr)c1. The quantitative estimate of drug-likeness (QED) is 0.790. The first kappa shape index (κ1) is 11.8. The van der Waals surface area contributed by atoms with Crippen molar-refractivity contribution in [3.05, 3.63) is 23.8 Å². The molecular formula is C13H17BrO2. The van der Waals surface area contributed by atoms with Crippen LogP contribution in [0.25, 0.3) is 0 Å². The van der Waals surface area contributed by atoms with Crippen molar-refractivity contribution in [1.29, 1.82) is 0 Å². The molecule has 1 saturated carbocycles. The summed E-state index contributed by atoms with van der Waals surface area (Å²) in [6, 6.07) is 6.03. The lowest BCUT2D eigenvalue weighted by Crippen LogP contribution is -2.07. The highest BCUT2D eigenvalue weighted by molar-refractivity contribution is 9.09. The summed E-state index contributed by atoms with van der Waals surface area (Å²) >= 11 is 3.56. The zero-order valence-corrected chi connectivity index (χ0v) is 11.5. The minimum atomic E-state index is 0.239. The van der Waals surface area contributed by atoms with Crippen LogP contribution in [0.3, 0.4) is 0 Å². The van der Waals surface area contributed by atoms with Crippen molar-refractivity contribution >= 4 is 15.9 Å². The molecule has 1 aliphatic carbocycles. The molecule has 0 aliphatic heterocycles. The highest BCUT2D eigenvalue weighted by Crippen LogP contribution is 2.57. The minimum absolute atomic E-state index is 0.239. The fourth-order valence-corrected chi connectivity index (χ4v) is 3.21. The summed E-state index contributed by atoms with van der Waals surface area (Å²) in [6.07, 6.45) is 1.21. The Hall–Kier alpha value is -0.700. The molecule has 3 heteroatoms. The molecule has 0 N–H and O–H groups in total. The van der Waals surface area contributed by atoms with E-state index in [1.54, 1.807) is 14.2 Å². The summed E-state index contributed by atoms with van der Waals surface area (Å²) in [4.78, 5) is 0. The molecule has 1 aliphatic rings. The standard InChI is InChI=1S/C13H17BrO2/c1-13(7-9(13)8-14)11-6-10(15-2)4-5-12(11)16-3/h4-6,9H,7-8H2,1-3H3. The van der Waals surface area contributed by atoms with Crippen LogP contribution in [0.5, 0.6) is 11.5 Å². The molecule has 16 heavy (non-hydrogen) atoms. The van der Waals surface area contributed by atoms with Gasteiger partial charge in [0.2, 0.25) is 0 Å². The number of ether oxygens (including phenoxy) is 2. The van der Waals surface area contributed by atoms with Crippen LogP contribution in [-0.2, 0) is 5.41 Å². The Morgan fingerprint density at radius 2 is 2.12 bits per heavy atom. The Balaban J connectivity index is 2.38. The van der Waals surface area contributed by atoms with Gasteiger partial charge in [0.1, 0.15) is 11.5 Å². The van der Waals surface area contributed by atoms with Gasteiger partial charge in [0.05, 0.1) is 14.2 Å². The van der Waals surface area contributed by atoms with Crippen LogP contribution in [0.4, 0.5) is 0 Å². The lowest BCUT2D eigenvalue weighted by Gasteiger charge is -2.16. The van der Waals surface area contributed by atoms with Crippen molar-refractivity contribution in [2.24, 2.45) is 5.92 Å². The molecule has 1 aromatic rings. The van der Waals surface area contributed by atoms with E-state index < -0.39 is 0 Å². The number of hydrogen-bond acceptors (Lipinski definition) is 2. The lowest BCUT2D eigenvalue weighted by molar-refractivity contribution is 0.394. The third-order valence-corrected chi connectivity index (χ3v) is 4.40. The molecule has 1 aromatic carbocycles. The molecule has 0 aromatic heterocycles. The zero-order chi connectivity index (χ0) is 11.8. The third kappa shape index (κ3) is 1.81. The van der Waals surface area contributed by atoms with Crippen molar-refractivity contribution in [2.75, 3.05) is 19.5 Å². The molecule has 2 nitrogen and oxygen atoms in total. The summed E-state index contributed by atoms with van der Waals surface area (Å²) in [5.41, 5.74) is 1.50. The molecule has 2 unspecified atom stereocenters. The number of methoxy groups -OCH3 is 2. The molecular weight excluding hydrogens is 268 g/mol. The van der Waals surface area contributed by atoms with Crippen LogP contribution < -0.4 is 9.47 Å². The Morgan fingerprint density at radius 3 is 2.62 bits per heavy atom. The van der Waals surface area contributed by atoms with E-state index >= 15 is 0 Å². The van der Waals surface area contributed by atoms with Gasteiger partial charge in [-0.25, -0.2) is 0 Å². The van der Waals surface area contributed by atoms with Gasteiger partial charge >= 0.3 is 0 Å². The van der Waals surface area contributed by atoms with Gasteiger partial charge in [0.25, 0.3) is 0 Å². The van der Waals surface area contributed by atoms with E-state index in [2.05, 4.69) is 28.9 Å². The molecule has 0 spiro atoms. The third-order valence-electron chi connectivity index (χ3n) is 3.62. The molecule has 0 amide bonds. The van der Waals surface area contributed by atoms with Crippen molar-refractivity contribution in [3.8, 4) is 11.5 Å². The largest absolute Gasteiger partial charge is 0.497 e. The van der Waals surface area contributed by atoms with Crippen molar-refractivity contribution in [3.63, 3.8) is 0 Å². The van der Waals surface area contributed by atoms with E-state index in [9.17, 15) is 0 Å². The van der Waals surface area contributed by atoms with Crippen LogP contribution >= 0.6 is 15.9 Å². The second kappa shape index (κ2) is 4.28. The van der Waals surface area contributed by atoms with Gasteiger partial charge < -0.3 is 9.47 Å². The summed E-state index contributed by atoms with van der Waals surface area (Å²) in [5, 5.41) is 1.05. The van der Waals surface area contributed by atoms with Gasteiger partial charge in [0, 0.05) is 16.3 Å². The zero-order valence-electron chi connectivity index (χ0n) is 9.92. The Bertz CT molecular complexity index is 392. The average molecular weight is 285 g/mol. The summed E-state index contributed by atoms with van der Waals surface area (Å²) in [7, 11) is 3.42. The number of alkyl halides is 1. The molecule has 2 rings (SSSR count). The smallest absolute Gasteiger partial charge is 0.122 e. The van der Waals surface area contributed by atoms with Crippen LogP contribution in [0.1, 0.15) is 18.9 Å². The Kier molecular flexibility index (Phi) is 3.15. The normalized spacial score (nSPS) is 27.6. The van der Waals surface area contributed by atoms with Crippen LogP contribution in [-0.4, -0.2) is 19.5 Å². The van der Waals surface area contributed by atoms with E-state index in [0.717, 1.165) is 16.8 Å². The fourth-order valence-electron chi connectivity index (χ4n) is 2.27. The van der Waals surface area contributed by atoms with E-state index in [0.29, 0.717) is 5.92 Å². The number of rotatable bonds is 4. The van der Waals surface area contributed by atoms with Crippen LogP contribution in [0.15, 0.2) is 18.2 Å². The summed E-state index contributed by atoms with van der Waals surface area (Å²) < 4.78 is 10.7. The topological polar surface area (TPSA) is 18.5 Å². The highest BCUT2D eigenvalue weighted by atomic mass is 79.9. The minimum Gasteiger partial charge on any atom is -0.497 e. The summed E-state index contributed by atoms with van der Waals surface area (Å²) in [6.45, 7) is 2.29. The molecule has 1 fully saturated rings. The number of benzene rings is 1. The van der Waals surface area contributed by atoms with E-state index in [-0.39, 0.29) is 5.41 Å². The maximum absolute atomic E-state index is 5.43. The first-order valence-electron chi connectivity index (χ1n) is 5.44. The maximum Gasteiger partial charge on any atom is 0.122 e. The van der Waals surface area contributed by atoms with E-state index in [1.165, 1.54) is 12.0 Å². The average Bonchev–Trinajstić information content (AvgIpc) is 3.01. The molecule has 0 bridgehead atoms. The maximum atomic E-state index is 5.43. The second-order valence-electron chi connectivity index (χ2n) is 4.54. The number of hydrogen-bond donors (Lipinski definition) is 0. The lowest BCUT2D eigenvalue weighted by atomic mass is 9.94. The Morgan fingerprint density at radius 1 is 1.38 bits per heavy atom. The van der Waals surface area contributed by atoms with Crippen LogP contribution in [0, 0.1) is 5.92 Å². The first-order chi connectivity index (χ1) is 7.65.